The SMILES string of the molecule is CC1CN(S(=O)(=O)N2CCSCC2C(=O)O)CC(C)O1. The molecule has 0 aliphatic carbocycles. The molecule has 3 atom stereocenters. The lowest BCUT2D eigenvalue weighted by molar-refractivity contribution is -0.140. The van der Waals surface area contributed by atoms with Gasteiger partial charge in [-0.25, -0.2) is 0 Å². The van der Waals surface area contributed by atoms with Crippen LogP contribution in [-0.4, -0.2) is 77.5 Å². The van der Waals surface area contributed by atoms with E-state index in [0.29, 0.717) is 11.5 Å². The summed E-state index contributed by atoms with van der Waals surface area (Å²) >= 11 is 1.47. The monoisotopic (exact) mass is 324 g/mol. The van der Waals surface area contributed by atoms with E-state index in [2.05, 4.69) is 0 Å². The van der Waals surface area contributed by atoms with Gasteiger partial charge < -0.3 is 9.84 Å². The molecule has 2 heterocycles. The topological polar surface area (TPSA) is 87.2 Å². The van der Waals surface area contributed by atoms with Crippen LogP contribution in [0.25, 0.3) is 0 Å². The van der Waals surface area contributed by atoms with Crippen LogP contribution < -0.4 is 0 Å². The van der Waals surface area contributed by atoms with Gasteiger partial charge in [0.05, 0.1) is 12.2 Å². The minimum atomic E-state index is -3.75. The first-order valence-corrected chi connectivity index (χ1v) is 9.10. The minimum absolute atomic E-state index is 0.184. The van der Waals surface area contributed by atoms with E-state index >= 15 is 0 Å². The lowest BCUT2D eigenvalue weighted by Gasteiger charge is -2.40. The van der Waals surface area contributed by atoms with Crippen molar-refractivity contribution in [3.63, 3.8) is 0 Å². The summed E-state index contributed by atoms with van der Waals surface area (Å²) in [5.41, 5.74) is 0. The molecule has 0 amide bonds. The quantitative estimate of drug-likeness (QED) is 0.776. The number of carboxylic acids is 1. The average molecular weight is 324 g/mol. The van der Waals surface area contributed by atoms with E-state index in [1.165, 1.54) is 16.1 Å². The van der Waals surface area contributed by atoms with Crippen molar-refractivity contribution >= 4 is 27.9 Å². The zero-order chi connectivity index (χ0) is 14.9. The molecule has 0 aromatic rings. The highest BCUT2D eigenvalue weighted by atomic mass is 32.2. The van der Waals surface area contributed by atoms with Crippen molar-refractivity contribution in [2.75, 3.05) is 31.1 Å². The summed E-state index contributed by atoms with van der Waals surface area (Å²) in [7, 11) is -3.75. The maximum atomic E-state index is 12.7. The molecule has 0 saturated carbocycles. The van der Waals surface area contributed by atoms with E-state index in [1.54, 1.807) is 0 Å². The number of carbonyl (C=O) groups is 1. The van der Waals surface area contributed by atoms with Crippen molar-refractivity contribution in [2.45, 2.75) is 32.1 Å². The van der Waals surface area contributed by atoms with Gasteiger partial charge in [0.2, 0.25) is 0 Å². The third kappa shape index (κ3) is 3.28. The van der Waals surface area contributed by atoms with Crippen molar-refractivity contribution in [2.24, 2.45) is 0 Å². The second-order valence-corrected chi connectivity index (χ2v) is 8.15. The molecule has 1 N–H and O–H groups in total. The number of ether oxygens (including phenoxy) is 1. The van der Waals surface area contributed by atoms with Gasteiger partial charge in [-0.1, -0.05) is 0 Å². The summed E-state index contributed by atoms with van der Waals surface area (Å²) in [5, 5.41) is 9.21. The van der Waals surface area contributed by atoms with Crippen molar-refractivity contribution in [1.29, 1.82) is 0 Å². The van der Waals surface area contributed by atoms with Gasteiger partial charge in [0, 0.05) is 31.1 Å². The van der Waals surface area contributed by atoms with Gasteiger partial charge in [0.1, 0.15) is 6.04 Å². The highest BCUT2D eigenvalue weighted by Gasteiger charge is 2.42. The summed E-state index contributed by atoms with van der Waals surface area (Å²) in [6, 6.07) is -0.979. The number of carboxylic acid groups (broad SMARTS) is 1. The van der Waals surface area contributed by atoms with Crippen LogP contribution >= 0.6 is 11.8 Å². The molecule has 2 fully saturated rings. The highest BCUT2D eigenvalue weighted by molar-refractivity contribution is 7.99. The number of nitrogens with zero attached hydrogens (tertiary/aromatic N) is 2. The van der Waals surface area contributed by atoms with Crippen LogP contribution in [0.5, 0.6) is 0 Å². The van der Waals surface area contributed by atoms with Gasteiger partial charge in [0.15, 0.2) is 0 Å². The molecule has 3 unspecified atom stereocenters. The summed E-state index contributed by atoms with van der Waals surface area (Å²) in [5.74, 6) is -0.169. The fourth-order valence-corrected chi connectivity index (χ4v) is 5.68. The van der Waals surface area contributed by atoms with Crippen LogP contribution in [0.15, 0.2) is 0 Å². The number of thioether (sulfide) groups is 1. The normalized spacial score (nSPS) is 34.0. The molecule has 2 saturated heterocycles. The molecule has 0 aromatic carbocycles. The van der Waals surface area contributed by atoms with Crippen LogP contribution in [0.4, 0.5) is 0 Å². The third-order valence-electron chi connectivity index (χ3n) is 3.37. The third-order valence-corrected chi connectivity index (χ3v) is 6.38. The predicted octanol–water partition coefficient (Wildman–Crippen LogP) is -0.158. The first-order valence-electron chi connectivity index (χ1n) is 6.55. The van der Waals surface area contributed by atoms with Crippen LogP contribution in [0, 0.1) is 0 Å². The smallest absolute Gasteiger partial charge is 0.322 e. The minimum Gasteiger partial charge on any atom is -0.480 e. The van der Waals surface area contributed by atoms with Crippen molar-refractivity contribution in [3.8, 4) is 0 Å². The summed E-state index contributed by atoms with van der Waals surface area (Å²) in [6.07, 6.45) is -0.369. The molecular weight excluding hydrogens is 304 g/mol. The molecule has 2 aliphatic heterocycles. The molecule has 9 heteroatoms. The summed E-state index contributed by atoms with van der Waals surface area (Å²) in [6.45, 7) is 4.41. The maximum absolute atomic E-state index is 12.7. The van der Waals surface area contributed by atoms with E-state index in [9.17, 15) is 18.3 Å². The van der Waals surface area contributed by atoms with Crippen molar-refractivity contribution in [1.82, 2.24) is 8.61 Å². The summed E-state index contributed by atoms with van der Waals surface area (Å²) in [4.78, 5) is 11.3. The van der Waals surface area contributed by atoms with Gasteiger partial charge >= 0.3 is 5.97 Å². The molecule has 2 aliphatic rings. The standard InChI is InChI=1S/C11H20N2O5S2/c1-8-5-12(6-9(2)18-8)20(16,17)13-3-4-19-7-10(13)11(14)15/h8-10H,3-7H2,1-2H3,(H,14,15). The Morgan fingerprint density at radius 3 is 2.45 bits per heavy atom. The van der Waals surface area contributed by atoms with Crippen molar-refractivity contribution < 1.29 is 23.1 Å². The van der Waals surface area contributed by atoms with Gasteiger partial charge in [-0.05, 0) is 13.8 Å². The zero-order valence-corrected chi connectivity index (χ0v) is 13.2. The van der Waals surface area contributed by atoms with Crippen LogP contribution in [0.3, 0.4) is 0 Å². The Morgan fingerprint density at radius 2 is 1.90 bits per heavy atom. The van der Waals surface area contributed by atoms with Gasteiger partial charge in [-0.15, -0.1) is 0 Å². The van der Waals surface area contributed by atoms with Crippen LogP contribution in [0.2, 0.25) is 0 Å². The fourth-order valence-electron chi connectivity index (χ4n) is 2.53. The first kappa shape index (κ1) is 16.0. The van der Waals surface area contributed by atoms with Crippen LogP contribution in [-0.2, 0) is 19.7 Å². The fraction of sp³-hybridized carbons (Fsp3) is 0.909. The molecule has 20 heavy (non-hydrogen) atoms. The van der Waals surface area contributed by atoms with Gasteiger partial charge in [0.25, 0.3) is 10.2 Å². The number of hydrogen-bond acceptors (Lipinski definition) is 5. The van der Waals surface area contributed by atoms with Crippen molar-refractivity contribution in [3.05, 3.63) is 0 Å². The highest BCUT2D eigenvalue weighted by Crippen LogP contribution is 2.24. The second-order valence-electron chi connectivity index (χ2n) is 5.12. The molecule has 0 bridgehead atoms. The summed E-state index contributed by atoms with van der Waals surface area (Å²) < 4.78 is 33.3. The molecule has 116 valence electrons. The predicted molar refractivity (Wildman–Crippen MR) is 76.0 cm³/mol. The average Bonchev–Trinajstić information content (AvgIpc) is 2.37. The number of aliphatic carboxylic acids is 1. The number of rotatable bonds is 3. The van der Waals surface area contributed by atoms with E-state index in [0.717, 1.165) is 4.31 Å². The number of morpholine rings is 1. The number of hydrogen-bond donors (Lipinski definition) is 1. The second kappa shape index (κ2) is 6.18. The Kier molecular flexibility index (Phi) is 4.96. The largest absolute Gasteiger partial charge is 0.480 e. The van der Waals surface area contributed by atoms with E-state index in [1.807, 2.05) is 13.8 Å². The van der Waals surface area contributed by atoms with E-state index in [4.69, 9.17) is 4.74 Å². The molecule has 0 aromatic heterocycles. The Bertz CT molecular complexity index is 459. The molecule has 0 spiro atoms. The van der Waals surface area contributed by atoms with Gasteiger partial charge in [-0.2, -0.15) is 28.8 Å². The molecule has 2 rings (SSSR count). The lowest BCUT2D eigenvalue weighted by Crippen LogP contribution is -2.58. The molecule has 0 radical (unpaired) electrons. The van der Waals surface area contributed by atoms with Crippen LogP contribution in [0.1, 0.15) is 13.8 Å². The van der Waals surface area contributed by atoms with E-state index in [-0.39, 0.29) is 31.8 Å². The Hall–Kier alpha value is -0.350. The Balaban J connectivity index is 2.21. The molecular formula is C11H20N2O5S2. The maximum Gasteiger partial charge on any atom is 0.322 e. The Labute approximate surface area is 123 Å². The lowest BCUT2D eigenvalue weighted by atomic mass is 10.3. The Morgan fingerprint density at radius 1 is 1.30 bits per heavy atom. The zero-order valence-electron chi connectivity index (χ0n) is 11.6. The molecule has 7 nitrogen and oxygen atoms in total. The first-order chi connectivity index (χ1) is 9.32. The van der Waals surface area contributed by atoms with Gasteiger partial charge in [-0.3, -0.25) is 4.79 Å². The van der Waals surface area contributed by atoms with E-state index < -0.39 is 22.2 Å².